The summed E-state index contributed by atoms with van der Waals surface area (Å²) >= 11 is 0. The van der Waals surface area contributed by atoms with Crippen molar-refractivity contribution >= 4 is 30.5 Å². The molecule has 0 saturated heterocycles. The molecular weight excluding hydrogens is 493 g/mol. The molecule has 1 aromatic carbocycles. The van der Waals surface area contributed by atoms with Crippen LogP contribution in [0.25, 0.3) is 33.3 Å². The van der Waals surface area contributed by atoms with Crippen molar-refractivity contribution in [1.29, 1.82) is 5.26 Å². The molecule has 3 heterocycles. The topological polar surface area (TPSA) is 139 Å². The normalized spacial score (nSPS) is 13.5. The number of carbonyl (C=O) groups excluding carboxylic acids is 1. The van der Waals surface area contributed by atoms with E-state index in [0.29, 0.717) is 27.8 Å². The Kier molecular flexibility index (Phi) is 7.62. The van der Waals surface area contributed by atoms with Gasteiger partial charge in [0.15, 0.2) is 0 Å². The number of amides is 1. The van der Waals surface area contributed by atoms with E-state index >= 15 is 0 Å². The molecule has 10 nitrogen and oxygen atoms in total. The second-order valence-corrected chi connectivity index (χ2v) is 9.39. The van der Waals surface area contributed by atoms with Crippen LogP contribution in [-0.4, -0.2) is 31.9 Å². The van der Waals surface area contributed by atoms with Gasteiger partial charge in [0.2, 0.25) is 5.91 Å². The van der Waals surface area contributed by atoms with Gasteiger partial charge in [-0.3, -0.25) is 18.8 Å². The lowest BCUT2D eigenvalue weighted by Gasteiger charge is -2.18. The van der Waals surface area contributed by atoms with E-state index in [2.05, 4.69) is 27.9 Å². The molecule has 0 aliphatic heterocycles. The Labute approximate surface area is 213 Å². The smallest absolute Gasteiger partial charge is 0.321 e. The molecule has 188 valence electrons. The second kappa shape index (κ2) is 10.9. The van der Waals surface area contributed by atoms with Crippen LogP contribution in [-0.2, 0) is 18.4 Å². The second-order valence-electron chi connectivity index (χ2n) is 7.98. The first kappa shape index (κ1) is 25.9. The maximum Gasteiger partial charge on any atom is 0.474 e. The van der Waals surface area contributed by atoms with Crippen LogP contribution in [0.3, 0.4) is 0 Å². The molecule has 2 N–H and O–H groups in total. The summed E-state index contributed by atoms with van der Waals surface area (Å²) in [4.78, 5) is 30.6. The van der Waals surface area contributed by atoms with Crippen LogP contribution in [0.2, 0.25) is 0 Å². The average molecular weight is 517 g/mol. The number of pyridine rings is 2. The lowest BCUT2D eigenvalue weighted by atomic mass is 10.0. The number of nitrogens with one attached hydrogen (secondary N) is 1. The predicted molar refractivity (Wildman–Crippen MR) is 139 cm³/mol. The van der Waals surface area contributed by atoms with Crippen LogP contribution in [0, 0.1) is 11.3 Å². The maximum absolute atomic E-state index is 12.3. The zero-order chi connectivity index (χ0) is 26.6. The van der Waals surface area contributed by atoms with Crippen LogP contribution >= 0.6 is 7.82 Å². The number of nitrogens with zero attached hydrogens (tertiary/aromatic N) is 4. The minimum absolute atomic E-state index is 0.0150. The summed E-state index contributed by atoms with van der Waals surface area (Å²) in [6.07, 6.45) is 6.85. The molecule has 2 atom stereocenters. The van der Waals surface area contributed by atoms with E-state index in [1.165, 1.54) is 12.3 Å². The van der Waals surface area contributed by atoms with Gasteiger partial charge in [-0.25, -0.2) is 9.55 Å². The minimum Gasteiger partial charge on any atom is -0.321 e. The van der Waals surface area contributed by atoms with Gasteiger partial charge in [-0.2, -0.15) is 5.26 Å². The van der Waals surface area contributed by atoms with Crippen LogP contribution in [0.1, 0.15) is 25.6 Å². The Balaban J connectivity index is 1.85. The molecule has 3 aromatic heterocycles. The molecule has 11 heteroatoms. The molecule has 0 spiro atoms. The molecule has 0 aliphatic rings. The molecule has 0 fully saturated rings. The van der Waals surface area contributed by atoms with Crippen LogP contribution < -0.4 is 5.32 Å². The molecule has 2 unspecified atom stereocenters. The molecule has 37 heavy (non-hydrogen) atoms. The summed E-state index contributed by atoms with van der Waals surface area (Å²) in [5.41, 5.74) is 4.41. The lowest BCUT2D eigenvalue weighted by Crippen LogP contribution is -2.09. The number of nitriles is 1. The van der Waals surface area contributed by atoms with E-state index in [0.717, 1.165) is 16.7 Å². The SMILES string of the molecule is C=CC(=O)Nc1cncc(-c2cnc3c(c2)c(-c2cccc(C#N)c2)cn3C(C)OP(=O)(O)OCC)c1. The van der Waals surface area contributed by atoms with Gasteiger partial charge in [0.25, 0.3) is 0 Å². The maximum atomic E-state index is 12.3. The molecule has 4 aromatic rings. The fourth-order valence-corrected chi connectivity index (χ4v) is 4.72. The molecular formula is C26H24N5O5P. The highest BCUT2D eigenvalue weighted by molar-refractivity contribution is 7.47. The van der Waals surface area contributed by atoms with Crippen molar-refractivity contribution in [3.63, 3.8) is 0 Å². The number of phosphoric acid groups is 1. The first-order valence-electron chi connectivity index (χ1n) is 11.3. The zero-order valence-electron chi connectivity index (χ0n) is 20.2. The minimum atomic E-state index is -4.29. The largest absolute Gasteiger partial charge is 0.474 e. The highest BCUT2D eigenvalue weighted by Crippen LogP contribution is 2.47. The van der Waals surface area contributed by atoms with Crippen molar-refractivity contribution in [1.82, 2.24) is 14.5 Å². The van der Waals surface area contributed by atoms with E-state index in [1.807, 2.05) is 12.1 Å². The van der Waals surface area contributed by atoms with Crippen LogP contribution in [0.4, 0.5) is 5.69 Å². The molecule has 0 bridgehead atoms. The standard InChI is InChI=1S/C26H24N5O5P/c1-4-25(32)30-22-10-20(13-28-15-22)21-11-23-24(19-8-6-7-18(9-19)12-27)16-31(26(23)29-14-21)17(3)36-37(33,34)35-5-2/h4,6-11,13-17H,1,5H2,2-3H3,(H,30,32)(H,33,34). The van der Waals surface area contributed by atoms with E-state index < -0.39 is 14.1 Å². The van der Waals surface area contributed by atoms with Gasteiger partial charge in [0.05, 0.1) is 30.1 Å². The van der Waals surface area contributed by atoms with Gasteiger partial charge < -0.3 is 14.8 Å². The summed E-state index contributed by atoms with van der Waals surface area (Å²) in [6, 6.07) is 12.9. The Bertz CT molecular complexity index is 1580. The number of aromatic nitrogens is 3. The van der Waals surface area contributed by atoms with Crippen molar-refractivity contribution < 1.29 is 23.3 Å². The van der Waals surface area contributed by atoms with Gasteiger partial charge in [-0.15, -0.1) is 0 Å². The zero-order valence-corrected chi connectivity index (χ0v) is 21.1. The monoisotopic (exact) mass is 517 g/mol. The number of phosphoric ester groups is 1. The average Bonchev–Trinajstić information content (AvgIpc) is 3.27. The Hall–Kier alpha value is -4.13. The van der Waals surface area contributed by atoms with Crippen molar-refractivity contribution in [2.75, 3.05) is 11.9 Å². The number of anilines is 1. The predicted octanol–water partition coefficient (Wildman–Crippen LogP) is 5.43. The van der Waals surface area contributed by atoms with Crippen molar-refractivity contribution in [2.45, 2.75) is 20.1 Å². The Morgan fingerprint density at radius 3 is 2.78 bits per heavy atom. The summed E-state index contributed by atoms with van der Waals surface area (Å²) in [7, 11) is -4.29. The summed E-state index contributed by atoms with van der Waals surface area (Å²) in [6.45, 7) is 6.68. The molecule has 4 rings (SSSR count). The summed E-state index contributed by atoms with van der Waals surface area (Å²) < 4.78 is 24.1. The molecule has 1 amide bonds. The van der Waals surface area contributed by atoms with Gasteiger partial charge in [0, 0.05) is 40.7 Å². The van der Waals surface area contributed by atoms with Crippen LogP contribution in [0.5, 0.6) is 0 Å². The Morgan fingerprint density at radius 2 is 2.05 bits per heavy atom. The Morgan fingerprint density at radius 1 is 1.27 bits per heavy atom. The number of benzene rings is 1. The van der Waals surface area contributed by atoms with Crippen molar-refractivity contribution in [3.05, 3.63) is 79.4 Å². The number of carbonyl (C=O) groups is 1. The van der Waals surface area contributed by atoms with Gasteiger partial charge >= 0.3 is 7.82 Å². The molecule has 0 radical (unpaired) electrons. The number of fused-ring (bicyclic) bond motifs is 1. The highest BCUT2D eigenvalue weighted by atomic mass is 31.2. The van der Waals surface area contributed by atoms with Crippen molar-refractivity contribution in [2.24, 2.45) is 0 Å². The number of hydrogen-bond acceptors (Lipinski definition) is 7. The fraction of sp³-hybridized carbons (Fsp3) is 0.154. The third-order valence-corrected chi connectivity index (χ3v) is 6.62. The van der Waals surface area contributed by atoms with Gasteiger partial charge in [-0.05, 0) is 49.8 Å². The van der Waals surface area contributed by atoms with E-state index in [9.17, 15) is 19.5 Å². The summed E-state index contributed by atoms with van der Waals surface area (Å²) in [5, 5.41) is 12.8. The van der Waals surface area contributed by atoms with E-state index in [4.69, 9.17) is 9.05 Å². The fourth-order valence-electron chi connectivity index (χ4n) is 3.85. The van der Waals surface area contributed by atoms with E-state index in [1.54, 1.807) is 61.3 Å². The number of hydrogen-bond donors (Lipinski definition) is 2. The van der Waals surface area contributed by atoms with Crippen molar-refractivity contribution in [3.8, 4) is 28.3 Å². The molecule has 0 saturated carbocycles. The number of rotatable bonds is 9. The van der Waals surface area contributed by atoms with Crippen LogP contribution in [0.15, 0.2) is 73.8 Å². The first-order chi connectivity index (χ1) is 17.7. The highest BCUT2D eigenvalue weighted by Gasteiger charge is 2.26. The van der Waals surface area contributed by atoms with E-state index in [-0.39, 0.29) is 12.5 Å². The van der Waals surface area contributed by atoms with Gasteiger partial charge in [0.1, 0.15) is 11.9 Å². The lowest BCUT2D eigenvalue weighted by molar-refractivity contribution is -0.111. The third kappa shape index (κ3) is 5.82. The first-order valence-corrected chi connectivity index (χ1v) is 12.8. The quantitative estimate of drug-likeness (QED) is 0.221. The summed E-state index contributed by atoms with van der Waals surface area (Å²) in [5.74, 6) is -0.355. The molecule has 0 aliphatic carbocycles. The van der Waals surface area contributed by atoms with Gasteiger partial charge in [-0.1, -0.05) is 18.7 Å². The third-order valence-electron chi connectivity index (χ3n) is 5.47.